The number of rotatable bonds is 6. The van der Waals surface area contributed by atoms with Crippen molar-refractivity contribution in [1.29, 1.82) is 0 Å². The highest BCUT2D eigenvalue weighted by Gasteiger charge is 2.43. The normalized spacial score (nSPS) is 20.6. The number of nitrogens with zero attached hydrogens (tertiary/aromatic N) is 2. The fourth-order valence-corrected chi connectivity index (χ4v) is 3.47. The molecule has 170 valence electrons. The number of carbonyl (C=O) groups is 2. The summed E-state index contributed by atoms with van der Waals surface area (Å²) in [7, 11) is 1.57. The van der Waals surface area contributed by atoms with Crippen LogP contribution in [-0.4, -0.2) is 86.5 Å². The van der Waals surface area contributed by atoms with Gasteiger partial charge in [-0.15, -0.1) is 24.8 Å². The molecule has 0 radical (unpaired) electrons. The summed E-state index contributed by atoms with van der Waals surface area (Å²) in [5.41, 5.74) is 0.567. The number of methoxy groups -OCH3 is 1. The van der Waals surface area contributed by atoms with Crippen molar-refractivity contribution in [3.63, 3.8) is 0 Å². The lowest BCUT2D eigenvalue weighted by atomic mass is 10.1. The molecular formula is C19H28Cl2F2N4O3. The van der Waals surface area contributed by atoms with Gasteiger partial charge in [0, 0.05) is 51.3 Å². The number of ether oxygens (including phenoxy) is 1. The lowest BCUT2D eigenvalue weighted by molar-refractivity contribution is -0.135. The Balaban J connectivity index is 0.00000225. The van der Waals surface area contributed by atoms with Crippen LogP contribution in [0.4, 0.5) is 8.78 Å². The quantitative estimate of drug-likeness (QED) is 0.660. The van der Waals surface area contributed by atoms with E-state index in [0.717, 1.165) is 0 Å². The van der Waals surface area contributed by atoms with Gasteiger partial charge in [0.15, 0.2) is 0 Å². The van der Waals surface area contributed by atoms with Gasteiger partial charge in [0.2, 0.25) is 5.91 Å². The van der Waals surface area contributed by atoms with Crippen LogP contribution in [0.5, 0.6) is 5.75 Å². The number of hydrogen-bond donors (Lipinski definition) is 2. The molecule has 2 amide bonds. The average molecular weight is 469 g/mol. The lowest BCUT2D eigenvalue weighted by Crippen LogP contribution is -2.53. The molecule has 1 atom stereocenters. The van der Waals surface area contributed by atoms with Crippen molar-refractivity contribution in [2.45, 2.75) is 18.4 Å². The van der Waals surface area contributed by atoms with Gasteiger partial charge in [0.1, 0.15) is 5.75 Å². The van der Waals surface area contributed by atoms with Gasteiger partial charge in [-0.05, 0) is 24.3 Å². The van der Waals surface area contributed by atoms with E-state index in [0.29, 0.717) is 50.6 Å². The zero-order valence-electron chi connectivity index (χ0n) is 16.7. The Kier molecular flexibility index (Phi) is 10.2. The first-order valence-electron chi connectivity index (χ1n) is 9.42. The molecule has 2 fully saturated rings. The third kappa shape index (κ3) is 6.94. The van der Waals surface area contributed by atoms with E-state index in [1.54, 1.807) is 36.3 Å². The SMILES string of the molecule is COc1ccc(C(=O)NCCN2CCN(C(=O)C3CC(F)(F)CN3)CC2)cc1.Cl.Cl. The first-order chi connectivity index (χ1) is 13.4. The molecule has 1 aromatic rings. The van der Waals surface area contributed by atoms with Crippen LogP contribution in [0.1, 0.15) is 16.8 Å². The maximum Gasteiger partial charge on any atom is 0.262 e. The van der Waals surface area contributed by atoms with Gasteiger partial charge in [0.05, 0.1) is 19.7 Å². The summed E-state index contributed by atoms with van der Waals surface area (Å²) in [6.45, 7) is 3.07. The molecule has 2 aliphatic rings. The molecule has 30 heavy (non-hydrogen) atoms. The van der Waals surface area contributed by atoms with Crippen LogP contribution in [0.3, 0.4) is 0 Å². The Morgan fingerprint density at radius 1 is 1.17 bits per heavy atom. The van der Waals surface area contributed by atoms with Gasteiger partial charge in [-0.1, -0.05) is 0 Å². The van der Waals surface area contributed by atoms with E-state index < -0.39 is 24.9 Å². The Hall–Kier alpha value is -1.68. The molecule has 2 aliphatic heterocycles. The van der Waals surface area contributed by atoms with E-state index in [1.165, 1.54) is 0 Å². The van der Waals surface area contributed by atoms with Gasteiger partial charge >= 0.3 is 0 Å². The minimum absolute atomic E-state index is 0. The number of alkyl halides is 2. The number of hydrogen-bond acceptors (Lipinski definition) is 5. The molecule has 0 saturated carbocycles. The second-order valence-electron chi connectivity index (χ2n) is 7.14. The van der Waals surface area contributed by atoms with Crippen LogP contribution < -0.4 is 15.4 Å². The monoisotopic (exact) mass is 468 g/mol. The molecule has 2 heterocycles. The van der Waals surface area contributed by atoms with E-state index in [4.69, 9.17) is 4.74 Å². The highest BCUT2D eigenvalue weighted by Crippen LogP contribution is 2.26. The van der Waals surface area contributed by atoms with Crippen LogP contribution in [0, 0.1) is 0 Å². The molecule has 1 aromatic carbocycles. The van der Waals surface area contributed by atoms with Crippen molar-refractivity contribution in [2.24, 2.45) is 0 Å². The molecule has 0 spiro atoms. The summed E-state index contributed by atoms with van der Waals surface area (Å²) in [5.74, 6) is -2.50. The minimum Gasteiger partial charge on any atom is -0.497 e. The maximum absolute atomic E-state index is 13.3. The van der Waals surface area contributed by atoms with Gasteiger partial charge in [-0.2, -0.15) is 0 Å². The van der Waals surface area contributed by atoms with Crippen molar-refractivity contribution in [3.05, 3.63) is 29.8 Å². The summed E-state index contributed by atoms with van der Waals surface area (Å²) in [4.78, 5) is 28.3. The molecule has 2 saturated heterocycles. The van der Waals surface area contributed by atoms with Crippen LogP contribution >= 0.6 is 24.8 Å². The number of amides is 2. The highest BCUT2D eigenvalue weighted by molar-refractivity contribution is 5.94. The second kappa shape index (κ2) is 11.6. The molecule has 7 nitrogen and oxygen atoms in total. The first kappa shape index (κ1) is 26.4. The van der Waals surface area contributed by atoms with Crippen molar-refractivity contribution in [1.82, 2.24) is 20.4 Å². The molecule has 2 N–H and O–H groups in total. The Morgan fingerprint density at radius 3 is 2.33 bits per heavy atom. The van der Waals surface area contributed by atoms with E-state index in [2.05, 4.69) is 15.5 Å². The van der Waals surface area contributed by atoms with E-state index in [1.807, 2.05) is 0 Å². The van der Waals surface area contributed by atoms with E-state index in [9.17, 15) is 18.4 Å². The molecule has 0 aliphatic carbocycles. The minimum atomic E-state index is -2.80. The number of nitrogens with one attached hydrogen (secondary N) is 2. The zero-order chi connectivity index (χ0) is 20.1. The number of carbonyl (C=O) groups excluding carboxylic acids is 2. The highest BCUT2D eigenvalue weighted by atomic mass is 35.5. The number of halogens is 4. The second-order valence-corrected chi connectivity index (χ2v) is 7.14. The summed E-state index contributed by atoms with van der Waals surface area (Å²) in [6.07, 6.45) is -0.427. The van der Waals surface area contributed by atoms with Gasteiger partial charge in [0.25, 0.3) is 11.8 Å². The van der Waals surface area contributed by atoms with Crippen molar-refractivity contribution >= 4 is 36.6 Å². The van der Waals surface area contributed by atoms with E-state index >= 15 is 0 Å². The molecular weight excluding hydrogens is 441 g/mol. The largest absolute Gasteiger partial charge is 0.497 e. The van der Waals surface area contributed by atoms with Crippen LogP contribution in [0.25, 0.3) is 0 Å². The summed E-state index contributed by atoms with van der Waals surface area (Å²) < 4.78 is 31.6. The Labute approximate surface area is 187 Å². The first-order valence-corrected chi connectivity index (χ1v) is 9.42. The summed E-state index contributed by atoms with van der Waals surface area (Å²) in [6, 6.07) is 6.10. The lowest BCUT2D eigenvalue weighted by Gasteiger charge is -2.35. The van der Waals surface area contributed by atoms with Crippen LogP contribution in [-0.2, 0) is 4.79 Å². The van der Waals surface area contributed by atoms with Gasteiger partial charge in [-0.25, -0.2) is 8.78 Å². The third-order valence-electron chi connectivity index (χ3n) is 5.16. The number of benzene rings is 1. The van der Waals surface area contributed by atoms with Crippen molar-refractivity contribution in [2.75, 3.05) is 52.9 Å². The van der Waals surface area contributed by atoms with Gasteiger partial charge in [-0.3, -0.25) is 19.8 Å². The molecule has 0 aromatic heterocycles. The molecule has 3 rings (SSSR count). The molecule has 11 heteroatoms. The predicted octanol–water partition coefficient (Wildman–Crippen LogP) is 1.41. The van der Waals surface area contributed by atoms with Crippen LogP contribution in [0.2, 0.25) is 0 Å². The summed E-state index contributed by atoms with van der Waals surface area (Å²) >= 11 is 0. The van der Waals surface area contributed by atoms with Crippen molar-refractivity contribution < 1.29 is 23.1 Å². The maximum atomic E-state index is 13.3. The average Bonchev–Trinajstić information content (AvgIpc) is 3.07. The topological polar surface area (TPSA) is 73.9 Å². The van der Waals surface area contributed by atoms with E-state index in [-0.39, 0.29) is 36.6 Å². The summed E-state index contributed by atoms with van der Waals surface area (Å²) in [5, 5.41) is 5.49. The molecule has 1 unspecified atom stereocenters. The van der Waals surface area contributed by atoms with Gasteiger partial charge < -0.3 is 15.0 Å². The van der Waals surface area contributed by atoms with Crippen LogP contribution in [0.15, 0.2) is 24.3 Å². The molecule has 0 bridgehead atoms. The standard InChI is InChI=1S/C19H26F2N4O3.2ClH/c1-28-15-4-2-14(3-5-15)17(26)22-6-7-24-8-10-25(11-9-24)18(27)16-12-19(20,21)13-23-16;;/h2-5,16,23H,6-13H2,1H3,(H,22,26);2*1H. The zero-order valence-corrected chi connectivity index (χ0v) is 18.4. The predicted molar refractivity (Wildman–Crippen MR) is 114 cm³/mol. The van der Waals surface area contributed by atoms with Crippen molar-refractivity contribution in [3.8, 4) is 5.75 Å². The Bertz CT molecular complexity index is 702. The fourth-order valence-electron chi connectivity index (χ4n) is 3.47. The smallest absolute Gasteiger partial charge is 0.262 e. The third-order valence-corrected chi connectivity index (χ3v) is 5.16. The fraction of sp³-hybridized carbons (Fsp3) is 0.579. The Morgan fingerprint density at radius 2 is 1.80 bits per heavy atom. The number of piperazine rings is 1.